The third-order valence-corrected chi connectivity index (χ3v) is 5.11. The molecule has 0 spiro atoms. The number of aromatic nitrogens is 2. The molecular weight excluding hydrogens is 347 g/mol. The van der Waals surface area contributed by atoms with Crippen LogP contribution >= 0.6 is 22.9 Å². The van der Waals surface area contributed by atoms with E-state index >= 15 is 0 Å². The minimum atomic E-state index is -0.377. The lowest BCUT2D eigenvalue weighted by molar-refractivity contribution is 0.628. The average Bonchev–Trinajstić information content (AvgIpc) is 3.00. The molecule has 4 rings (SSSR count). The number of halogens is 2. The van der Waals surface area contributed by atoms with Crippen molar-refractivity contribution in [1.82, 2.24) is 9.97 Å². The van der Waals surface area contributed by atoms with Crippen molar-refractivity contribution in [3.63, 3.8) is 0 Å². The molecule has 6 heteroatoms. The number of nitrogens with zero attached hydrogens (tertiary/aromatic N) is 1. The van der Waals surface area contributed by atoms with Crippen molar-refractivity contribution in [2.24, 2.45) is 0 Å². The normalized spacial score (nSPS) is 11.1. The van der Waals surface area contributed by atoms with Crippen molar-refractivity contribution in [2.45, 2.75) is 0 Å². The summed E-state index contributed by atoms with van der Waals surface area (Å²) in [5.41, 5.74) is 1.70. The van der Waals surface area contributed by atoms with Gasteiger partial charge in [-0.3, -0.25) is 4.79 Å². The monoisotopic (exact) mass is 356 g/mol. The fourth-order valence-electron chi connectivity index (χ4n) is 2.51. The van der Waals surface area contributed by atoms with E-state index in [-0.39, 0.29) is 11.4 Å². The molecule has 1 N–H and O–H groups in total. The van der Waals surface area contributed by atoms with E-state index in [0.717, 1.165) is 10.4 Å². The van der Waals surface area contributed by atoms with Crippen LogP contribution in [0.4, 0.5) is 4.39 Å². The molecule has 0 aliphatic rings. The molecule has 0 unspecified atom stereocenters. The molecule has 0 saturated heterocycles. The number of H-pyrrole nitrogens is 1. The molecule has 0 fully saturated rings. The van der Waals surface area contributed by atoms with Gasteiger partial charge in [0.15, 0.2) is 0 Å². The van der Waals surface area contributed by atoms with Gasteiger partial charge in [0.25, 0.3) is 5.56 Å². The summed E-state index contributed by atoms with van der Waals surface area (Å²) in [5.74, 6) is -0.0344. The van der Waals surface area contributed by atoms with Crippen LogP contribution < -0.4 is 5.56 Å². The highest BCUT2D eigenvalue weighted by molar-refractivity contribution is 7.22. The second-order valence-corrected chi connectivity index (χ2v) is 6.69. The molecule has 0 amide bonds. The molecule has 2 aromatic carbocycles. The molecule has 2 aromatic heterocycles. The number of hydrogen-bond donors (Lipinski definition) is 1. The lowest BCUT2D eigenvalue weighted by Gasteiger charge is -2.00. The summed E-state index contributed by atoms with van der Waals surface area (Å²) in [4.78, 5) is 20.4. The first-order valence-electron chi connectivity index (χ1n) is 7.16. The van der Waals surface area contributed by atoms with E-state index < -0.39 is 0 Å². The van der Waals surface area contributed by atoms with Crippen LogP contribution in [0.25, 0.3) is 32.0 Å². The van der Waals surface area contributed by atoms with Crippen LogP contribution in [-0.4, -0.2) is 9.97 Å². The molecule has 0 bridgehead atoms. The summed E-state index contributed by atoms with van der Waals surface area (Å²) in [6, 6.07) is 15.2. The summed E-state index contributed by atoms with van der Waals surface area (Å²) in [5, 5.41) is 0.617. The second kappa shape index (κ2) is 5.85. The Balaban J connectivity index is 1.91. The highest BCUT2D eigenvalue weighted by Crippen LogP contribution is 2.35. The lowest BCUT2D eigenvalue weighted by Crippen LogP contribution is -2.07. The lowest BCUT2D eigenvalue weighted by atomic mass is 10.2. The van der Waals surface area contributed by atoms with Crippen LogP contribution in [0.1, 0.15) is 0 Å². The van der Waals surface area contributed by atoms with Crippen LogP contribution in [0.2, 0.25) is 5.02 Å². The van der Waals surface area contributed by atoms with Gasteiger partial charge in [-0.25, -0.2) is 9.37 Å². The van der Waals surface area contributed by atoms with E-state index in [1.165, 1.54) is 23.5 Å². The Morgan fingerprint density at radius 2 is 1.92 bits per heavy atom. The number of benzene rings is 2. The molecule has 0 aliphatic carbocycles. The summed E-state index contributed by atoms with van der Waals surface area (Å²) < 4.78 is 13.9. The summed E-state index contributed by atoms with van der Waals surface area (Å²) in [6.45, 7) is 0. The smallest absolute Gasteiger partial charge is 0.269 e. The van der Waals surface area contributed by atoms with Crippen LogP contribution in [0.3, 0.4) is 0 Å². The molecule has 4 aromatic rings. The second-order valence-electron chi connectivity index (χ2n) is 5.23. The zero-order valence-corrected chi connectivity index (χ0v) is 13.8. The van der Waals surface area contributed by atoms with Crippen molar-refractivity contribution in [3.05, 3.63) is 75.8 Å². The number of nitrogens with one attached hydrogen (secondary N) is 1. The molecule has 118 valence electrons. The summed E-state index contributed by atoms with van der Waals surface area (Å²) >= 11 is 7.56. The summed E-state index contributed by atoms with van der Waals surface area (Å²) in [6.07, 6.45) is 0. The molecule has 0 aliphatic heterocycles. The van der Waals surface area contributed by atoms with Crippen molar-refractivity contribution in [3.8, 4) is 21.8 Å². The SMILES string of the molecule is O=c1[nH]c(-c2cccc(F)c2)nc2cc(-c3ccccc3Cl)sc12. The Kier molecular flexibility index (Phi) is 3.67. The van der Waals surface area contributed by atoms with Crippen molar-refractivity contribution >= 4 is 33.2 Å². The molecule has 0 saturated carbocycles. The maximum atomic E-state index is 13.4. The fraction of sp³-hybridized carbons (Fsp3) is 0. The predicted molar refractivity (Wildman–Crippen MR) is 96.1 cm³/mol. The maximum Gasteiger partial charge on any atom is 0.269 e. The highest BCUT2D eigenvalue weighted by atomic mass is 35.5. The Labute approximate surface area is 145 Å². The first-order valence-corrected chi connectivity index (χ1v) is 8.36. The molecule has 0 atom stereocenters. The Morgan fingerprint density at radius 1 is 1.08 bits per heavy atom. The van der Waals surface area contributed by atoms with E-state index in [2.05, 4.69) is 9.97 Å². The standard InChI is InChI=1S/C18H10ClFN2OS/c19-13-7-2-1-6-12(13)15-9-14-16(24-15)18(23)22-17(21-14)10-4-3-5-11(20)8-10/h1-9H,(H,21,22,23). The van der Waals surface area contributed by atoms with E-state index in [1.54, 1.807) is 18.2 Å². The fourth-order valence-corrected chi connectivity index (χ4v) is 3.83. The van der Waals surface area contributed by atoms with Crippen LogP contribution in [0.15, 0.2) is 59.4 Å². The van der Waals surface area contributed by atoms with Gasteiger partial charge in [-0.1, -0.05) is 41.9 Å². The van der Waals surface area contributed by atoms with Gasteiger partial charge in [0.2, 0.25) is 0 Å². The van der Waals surface area contributed by atoms with Crippen LogP contribution in [-0.2, 0) is 0 Å². The zero-order chi connectivity index (χ0) is 16.7. The van der Waals surface area contributed by atoms with Gasteiger partial charge in [-0.15, -0.1) is 11.3 Å². The largest absolute Gasteiger partial charge is 0.305 e. The van der Waals surface area contributed by atoms with E-state index in [0.29, 0.717) is 26.6 Å². The zero-order valence-electron chi connectivity index (χ0n) is 12.2. The summed E-state index contributed by atoms with van der Waals surface area (Å²) in [7, 11) is 0. The van der Waals surface area contributed by atoms with E-state index in [1.807, 2.05) is 24.3 Å². The number of aromatic amines is 1. The van der Waals surface area contributed by atoms with Gasteiger partial charge in [0.1, 0.15) is 16.3 Å². The number of rotatable bonds is 2. The first-order chi connectivity index (χ1) is 11.6. The van der Waals surface area contributed by atoms with Gasteiger partial charge >= 0.3 is 0 Å². The molecule has 24 heavy (non-hydrogen) atoms. The molecule has 2 heterocycles. The Bertz CT molecular complexity index is 1120. The van der Waals surface area contributed by atoms with Crippen molar-refractivity contribution in [1.29, 1.82) is 0 Å². The minimum Gasteiger partial charge on any atom is -0.305 e. The van der Waals surface area contributed by atoms with Gasteiger partial charge in [0.05, 0.1) is 5.52 Å². The molecule has 3 nitrogen and oxygen atoms in total. The average molecular weight is 357 g/mol. The van der Waals surface area contributed by atoms with Gasteiger partial charge in [-0.2, -0.15) is 0 Å². The number of hydrogen-bond acceptors (Lipinski definition) is 3. The number of thiophene rings is 1. The molecular formula is C18H10ClFN2OS. The molecule has 0 radical (unpaired) electrons. The quantitative estimate of drug-likeness (QED) is 0.542. The maximum absolute atomic E-state index is 13.4. The third-order valence-electron chi connectivity index (χ3n) is 3.62. The van der Waals surface area contributed by atoms with Crippen LogP contribution in [0.5, 0.6) is 0 Å². The predicted octanol–water partition coefficient (Wildman–Crippen LogP) is 5.11. The van der Waals surface area contributed by atoms with Gasteiger partial charge in [0, 0.05) is 21.0 Å². The Morgan fingerprint density at radius 3 is 2.71 bits per heavy atom. The van der Waals surface area contributed by atoms with Crippen LogP contribution in [0, 0.1) is 5.82 Å². The first kappa shape index (κ1) is 15.1. The highest BCUT2D eigenvalue weighted by Gasteiger charge is 2.13. The topological polar surface area (TPSA) is 45.8 Å². The van der Waals surface area contributed by atoms with E-state index in [9.17, 15) is 9.18 Å². The van der Waals surface area contributed by atoms with E-state index in [4.69, 9.17) is 11.6 Å². The Hall–Kier alpha value is -2.50. The van der Waals surface area contributed by atoms with Gasteiger partial charge in [-0.05, 0) is 24.3 Å². The minimum absolute atomic E-state index is 0.248. The van der Waals surface area contributed by atoms with Crippen molar-refractivity contribution in [2.75, 3.05) is 0 Å². The van der Waals surface area contributed by atoms with Crippen molar-refractivity contribution < 1.29 is 4.39 Å². The van der Waals surface area contributed by atoms with Gasteiger partial charge < -0.3 is 4.98 Å². The third kappa shape index (κ3) is 2.62. The number of fused-ring (bicyclic) bond motifs is 1.